The lowest BCUT2D eigenvalue weighted by Gasteiger charge is -2.36. The summed E-state index contributed by atoms with van der Waals surface area (Å²) in [6.45, 7) is 4.22. The summed E-state index contributed by atoms with van der Waals surface area (Å²) >= 11 is 0. The van der Waals surface area contributed by atoms with Crippen LogP contribution < -0.4 is 10.6 Å². The molecule has 0 saturated carbocycles. The van der Waals surface area contributed by atoms with E-state index in [0.717, 1.165) is 0 Å². The van der Waals surface area contributed by atoms with Crippen LogP contribution in [0.1, 0.15) is 20.3 Å². The van der Waals surface area contributed by atoms with E-state index in [1.165, 1.54) is 4.90 Å². The second-order valence-corrected chi connectivity index (χ2v) is 6.31. The number of carbonyl (C=O) groups is 3. The van der Waals surface area contributed by atoms with Crippen molar-refractivity contribution < 1.29 is 19.5 Å². The summed E-state index contributed by atoms with van der Waals surface area (Å²) in [7, 11) is 0. The molecule has 1 aliphatic heterocycles. The molecule has 24 heavy (non-hydrogen) atoms. The van der Waals surface area contributed by atoms with Crippen LogP contribution in [0.15, 0.2) is 30.3 Å². The van der Waals surface area contributed by atoms with Gasteiger partial charge >= 0.3 is 12.0 Å². The number of likely N-dealkylation sites (tertiary alicyclic amines) is 1. The first kappa shape index (κ1) is 17.8. The molecule has 1 saturated heterocycles. The van der Waals surface area contributed by atoms with Gasteiger partial charge < -0.3 is 20.6 Å². The zero-order valence-corrected chi connectivity index (χ0v) is 13.9. The Kier molecular flexibility index (Phi) is 5.78. The molecule has 3 N–H and O–H groups in total. The number of hydrogen-bond donors (Lipinski definition) is 3. The van der Waals surface area contributed by atoms with Crippen LogP contribution in [0, 0.1) is 11.8 Å². The minimum atomic E-state index is -0.887. The van der Waals surface area contributed by atoms with Crippen LogP contribution in [0.5, 0.6) is 0 Å². The average molecular weight is 333 g/mol. The van der Waals surface area contributed by atoms with Crippen molar-refractivity contribution in [2.45, 2.75) is 26.3 Å². The topological polar surface area (TPSA) is 98.7 Å². The molecule has 3 atom stereocenters. The molecule has 3 amide bonds. The molecule has 1 fully saturated rings. The van der Waals surface area contributed by atoms with Crippen molar-refractivity contribution in [2.24, 2.45) is 11.8 Å². The minimum Gasteiger partial charge on any atom is -0.481 e. The Morgan fingerprint density at radius 3 is 2.50 bits per heavy atom. The number of urea groups is 1. The van der Waals surface area contributed by atoms with E-state index < -0.39 is 24.0 Å². The van der Waals surface area contributed by atoms with Gasteiger partial charge in [0, 0.05) is 18.8 Å². The van der Waals surface area contributed by atoms with E-state index in [4.69, 9.17) is 0 Å². The molecule has 130 valence electrons. The Hall–Kier alpha value is -2.57. The predicted octanol–water partition coefficient (Wildman–Crippen LogP) is 1.77. The highest BCUT2D eigenvalue weighted by atomic mass is 16.4. The largest absolute Gasteiger partial charge is 0.481 e. The second kappa shape index (κ2) is 7.81. The van der Waals surface area contributed by atoms with E-state index >= 15 is 0 Å². The van der Waals surface area contributed by atoms with E-state index in [0.29, 0.717) is 18.7 Å². The minimum absolute atomic E-state index is 0.120. The Morgan fingerprint density at radius 1 is 1.21 bits per heavy atom. The number of nitrogens with one attached hydrogen (secondary N) is 2. The van der Waals surface area contributed by atoms with Crippen LogP contribution in [-0.2, 0) is 9.59 Å². The maximum atomic E-state index is 12.5. The average Bonchev–Trinajstić information content (AvgIpc) is 2.54. The third-order valence-corrected chi connectivity index (χ3v) is 4.07. The Labute approximate surface area is 141 Å². The maximum Gasteiger partial charge on any atom is 0.319 e. The van der Waals surface area contributed by atoms with Gasteiger partial charge in [0.15, 0.2) is 0 Å². The monoisotopic (exact) mass is 333 g/mol. The quantitative estimate of drug-likeness (QED) is 0.782. The fourth-order valence-corrected chi connectivity index (χ4v) is 2.93. The fourth-order valence-electron chi connectivity index (χ4n) is 2.93. The SMILES string of the molecule is CC1CC(C(=O)O)CN(C(=O)C(C)NC(=O)Nc2ccccc2)C1. The van der Waals surface area contributed by atoms with Crippen molar-refractivity contribution >= 4 is 23.6 Å². The highest BCUT2D eigenvalue weighted by Crippen LogP contribution is 2.22. The van der Waals surface area contributed by atoms with Gasteiger partial charge in [-0.3, -0.25) is 9.59 Å². The number of rotatable bonds is 4. The lowest BCUT2D eigenvalue weighted by Crippen LogP contribution is -2.53. The Morgan fingerprint density at radius 2 is 1.88 bits per heavy atom. The van der Waals surface area contributed by atoms with Gasteiger partial charge in [0.05, 0.1) is 5.92 Å². The number of benzene rings is 1. The molecule has 7 nitrogen and oxygen atoms in total. The molecule has 3 unspecified atom stereocenters. The third-order valence-electron chi connectivity index (χ3n) is 4.07. The van der Waals surface area contributed by atoms with E-state index in [1.54, 1.807) is 31.2 Å². The number of piperidine rings is 1. The molecule has 0 aliphatic carbocycles. The van der Waals surface area contributed by atoms with Crippen molar-refractivity contribution in [3.8, 4) is 0 Å². The van der Waals surface area contributed by atoms with E-state index in [9.17, 15) is 19.5 Å². The summed E-state index contributed by atoms with van der Waals surface area (Å²) in [5, 5.41) is 14.4. The van der Waals surface area contributed by atoms with Gasteiger partial charge in [-0.1, -0.05) is 25.1 Å². The van der Waals surface area contributed by atoms with Crippen LogP contribution in [-0.4, -0.2) is 47.0 Å². The molecule has 2 rings (SSSR count). The number of anilines is 1. The normalized spacial score (nSPS) is 21.7. The molecule has 0 spiro atoms. The third kappa shape index (κ3) is 4.71. The molecule has 1 aliphatic rings. The number of aliphatic carboxylic acids is 1. The first-order valence-electron chi connectivity index (χ1n) is 8.01. The highest BCUT2D eigenvalue weighted by Gasteiger charge is 2.33. The zero-order chi connectivity index (χ0) is 17.7. The summed E-state index contributed by atoms with van der Waals surface area (Å²) in [4.78, 5) is 37.2. The summed E-state index contributed by atoms with van der Waals surface area (Å²) in [6.07, 6.45) is 0.565. The summed E-state index contributed by atoms with van der Waals surface area (Å²) < 4.78 is 0. The summed E-state index contributed by atoms with van der Waals surface area (Å²) in [5.41, 5.74) is 0.632. The first-order valence-corrected chi connectivity index (χ1v) is 8.01. The molecule has 0 aromatic heterocycles. The lowest BCUT2D eigenvalue weighted by atomic mass is 9.90. The number of amides is 3. The number of carbonyl (C=O) groups excluding carboxylic acids is 2. The number of nitrogens with zero attached hydrogens (tertiary/aromatic N) is 1. The summed E-state index contributed by atoms with van der Waals surface area (Å²) in [6, 6.07) is 7.73. The number of hydrogen-bond acceptors (Lipinski definition) is 3. The van der Waals surface area contributed by atoms with Crippen LogP contribution in [0.4, 0.5) is 10.5 Å². The number of para-hydroxylation sites is 1. The van der Waals surface area contributed by atoms with Gasteiger partial charge in [0.2, 0.25) is 5.91 Å². The zero-order valence-electron chi connectivity index (χ0n) is 13.9. The van der Waals surface area contributed by atoms with Crippen molar-refractivity contribution in [1.29, 1.82) is 0 Å². The van der Waals surface area contributed by atoms with Crippen LogP contribution >= 0.6 is 0 Å². The van der Waals surface area contributed by atoms with Crippen molar-refractivity contribution in [2.75, 3.05) is 18.4 Å². The van der Waals surface area contributed by atoms with Gasteiger partial charge in [-0.15, -0.1) is 0 Å². The molecule has 1 aromatic carbocycles. The van der Waals surface area contributed by atoms with E-state index in [-0.39, 0.29) is 18.4 Å². The van der Waals surface area contributed by atoms with E-state index in [1.807, 2.05) is 13.0 Å². The molecule has 0 bridgehead atoms. The number of carboxylic acid groups (broad SMARTS) is 1. The molecule has 1 aromatic rings. The van der Waals surface area contributed by atoms with Crippen molar-refractivity contribution in [3.63, 3.8) is 0 Å². The van der Waals surface area contributed by atoms with Crippen molar-refractivity contribution in [3.05, 3.63) is 30.3 Å². The molecule has 1 heterocycles. The van der Waals surface area contributed by atoms with E-state index in [2.05, 4.69) is 10.6 Å². The van der Waals surface area contributed by atoms with Gasteiger partial charge in [0.25, 0.3) is 0 Å². The molecule has 0 radical (unpaired) electrons. The smallest absolute Gasteiger partial charge is 0.319 e. The Balaban J connectivity index is 1.91. The van der Waals surface area contributed by atoms with Gasteiger partial charge in [-0.25, -0.2) is 4.79 Å². The second-order valence-electron chi connectivity index (χ2n) is 6.31. The standard InChI is InChI=1S/C17H23N3O4/c1-11-8-13(16(22)23)10-20(9-11)15(21)12(2)18-17(24)19-14-6-4-3-5-7-14/h3-7,11-13H,8-10H2,1-2H3,(H,22,23)(H2,18,19,24). The Bertz CT molecular complexity index is 605. The van der Waals surface area contributed by atoms with Gasteiger partial charge in [-0.05, 0) is 31.4 Å². The summed E-state index contributed by atoms with van der Waals surface area (Å²) in [5.74, 6) is -1.59. The predicted molar refractivity (Wildman–Crippen MR) is 89.5 cm³/mol. The number of carboxylic acids is 1. The van der Waals surface area contributed by atoms with Gasteiger partial charge in [0.1, 0.15) is 6.04 Å². The van der Waals surface area contributed by atoms with Crippen LogP contribution in [0.2, 0.25) is 0 Å². The highest BCUT2D eigenvalue weighted by molar-refractivity contribution is 5.93. The molecule has 7 heteroatoms. The van der Waals surface area contributed by atoms with Crippen LogP contribution in [0.25, 0.3) is 0 Å². The van der Waals surface area contributed by atoms with Gasteiger partial charge in [-0.2, -0.15) is 0 Å². The molecular formula is C17H23N3O4. The molecular weight excluding hydrogens is 310 g/mol. The first-order chi connectivity index (χ1) is 11.4. The van der Waals surface area contributed by atoms with Crippen LogP contribution in [0.3, 0.4) is 0 Å². The van der Waals surface area contributed by atoms with Crippen molar-refractivity contribution in [1.82, 2.24) is 10.2 Å². The fraction of sp³-hybridized carbons (Fsp3) is 0.471. The maximum absolute atomic E-state index is 12.5. The lowest BCUT2D eigenvalue weighted by molar-refractivity contribution is -0.147.